The monoisotopic (exact) mass is 276 g/mol. The fourth-order valence-electron chi connectivity index (χ4n) is 3.64. The highest BCUT2D eigenvalue weighted by atomic mass is 19.1. The predicted molar refractivity (Wildman–Crippen MR) is 75.6 cm³/mol. The Morgan fingerprint density at radius 1 is 1.30 bits per heavy atom. The number of halogens is 1. The van der Waals surface area contributed by atoms with E-state index in [-0.39, 0.29) is 17.1 Å². The average Bonchev–Trinajstić information content (AvgIpc) is 2.68. The number of rotatable bonds is 2. The van der Waals surface area contributed by atoms with Gasteiger partial charge >= 0.3 is 0 Å². The summed E-state index contributed by atoms with van der Waals surface area (Å²) in [7, 11) is 2.09. The van der Waals surface area contributed by atoms with Crippen LogP contribution in [0.1, 0.15) is 24.8 Å². The minimum Gasteiger partial charge on any atom is -0.338 e. The molecule has 0 aromatic heterocycles. The van der Waals surface area contributed by atoms with Crippen LogP contribution < -0.4 is 0 Å². The Labute approximate surface area is 119 Å². The molecular weight excluding hydrogens is 255 g/mol. The molecule has 0 aliphatic carbocycles. The molecule has 1 aromatic rings. The zero-order valence-electron chi connectivity index (χ0n) is 11.9. The van der Waals surface area contributed by atoms with Crippen LogP contribution in [0.5, 0.6) is 0 Å². The van der Waals surface area contributed by atoms with Crippen LogP contribution in [0, 0.1) is 11.2 Å². The van der Waals surface area contributed by atoms with Crippen molar-refractivity contribution in [2.24, 2.45) is 5.41 Å². The first-order valence-corrected chi connectivity index (χ1v) is 7.31. The topological polar surface area (TPSA) is 23.6 Å². The van der Waals surface area contributed by atoms with Gasteiger partial charge in [-0.15, -0.1) is 0 Å². The lowest BCUT2D eigenvalue weighted by Crippen LogP contribution is -2.46. The standard InChI is InChI=1S/C16H21FN2O/c1-18-8-3-6-16(12-18)7-9-19(15(16)20)11-13-4-2-5-14(17)10-13/h2,4-5,10H,3,6-9,11-12H2,1H3. The SMILES string of the molecule is CN1CCCC2(CCN(Cc3cccc(F)c3)C2=O)C1. The van der Waals surface area contributed by atoms with E-state index in [9.17, 15) is 9.18 Å². The van der Waals surface area contributed by atoms with Crippen molar-refractivity contribution >= 4 is 5.91 Å². The van der Waals surface area contributed by atoms with Gasteiger partial charge in [0.15, 0.2) is 0 Å². The zero-order valence-corrected chi connectivity index (χ0v) is 11.9. The Balaban J connectivity index is 1.72. The van der Waals surface area contributed by atoms with Crippen molar-refractivity contribution in [3.63, 3.8) is 0 Å². The molecule has 108 valence electrons. The molecule has 2 aliphatic heterocycles. The third-order valence-corrected chi connectivity index (χ3v) is 4.63. The number of hydrogen-bond acceptors (Lipinski definition) is 2. The average molecular weight is 276 g/mol. The molecule has 0 N–H and O–H groups in total. The Hall–Kier alpha value is -1.42. The first kappa shape index (κ1) is 13.6. The second-order valence-electron chi connectivity index (χ2n) is 6.23. The van der Waals surface area contributed by atoms with E-state index in [1.54, 1.807) is 6.07 Å². The van der Waals surface area contributed by atoms with Gasteiger partial charge in [-0.05, 0) is 50.6 Å². The van der Waals surface area contributed by atoms with Crippen molar-refractivity contribution in [2.75, 3.05) is 26.7 Å². The van der Waals surface area contributed by atoms with Gasteiger partial charge in [-0.3, -0.25) is 4.79 Å². The summed E-state index contributed by atoms with van der Waals surface area (Å²) in [6.07, 6.45) is 3.03. The number of piperidine rings is 1. The quantitative estimate of drug-likeness (QED) is 0.827. The van der Waals surface area contributed by atoms with Crippen molar-refractivity contribution in [1.82, 2.24) is 9.80 Å². The number of carbonyl (C=O) groups excluding carboxylic acids is 1. The molecule has 1 aromatic carbocycles. The summed E-state index contributed by atoms with van der Waals surface area (Å²) in [5.74, 6) is 0.0228. The Bertz CT molecular complexity index is 519. The van der Waals surface area contributed by atoms with Gasteiger partial charge in [0.1, 0.15) is 5.82 Å². The molecule has 1 unspecified atom stereocenters. The van der Waals surface area contributed by atoms with Gasteiger partial charge in [-0.2, -0.15) is 0 Å². The fourth-order valence-corrected chi connectivity index (χ4v) is 3.64. The molecule has 1 atom stereocenters. The lowest BCUT2D eigenvalue weighted by atomic mass is 9.78. The van der Waals surface area contributed by atoms with Gasteiger partial charge in [0.25, 0.3) is 0 Å². The summed E-state index contributed by atoms with van der Waals surface area (Å²) in [5, 5.41) is 0. The highest BCUT2D eigenvalue weighted by molar-refractivity contribution is 5.85. The Morgan fingerprint density at radius 3 is 2.90 bits per heavy atom. The van der Waals surface area contributed by atoms with E-state index in [1.165, 1.54) is 12.1 Å². The maximum Gasteiger partial charge on any atom is 0.230 e. The molecule has 2 heterocycles. The summed E-state index contributed by atoms with van der Waals surface area (Å²) in [4.78, 5) is 16.9. The van der Waals surface area contributed by atoms with E-state index in [2.05, 4.69) is 11.9 Å². The van der Waals surface area contributed by atoms with Crippen LogP contribution in [0.2, 0.25) is 0 Å². The molecule has 0 radical (unpaired) electrons. The number of nitrogens with zero attached hydrogens (tertiary/aromatic N) is 2. The summed E-state index contributed by atoms with van der Waals surface area (Å²) < 4.78 is 13.2. The van der Waals surface area contributed by atoms with Gasteiger partial charge in [0.05, 0.1) is 5.41 Å². The summed E-state index contributed by atoms with van der Waals surface area (Å²) >= 11 is 0. The molecular formula is C16H21FN2O. The number of hydrogen-bond donors (Lipinski definition) is 0. The first-order valence-electron chi connectivity index (χ1n) is 7.31. The molecule has 1 spiro atoms. The molecule has 2 fully saturated rings. The van der Waals surface area contributed by atoms with Crippen LogP contribution >= 0.6 is 0 Å². The molecule has 0 bridgehead atoms. The van der Waals surface area contributed by atoms with E-state index in [0.29, 0.717) is 6.54 Å². The largest absolute Gasteiger partial charge is 0.338 e. The molecule has 0 saturated carbocycles. The van der Waals surface area contributed by atoms with Crippen LogP contribution in [0.3, 0.4) is 0 Å². The fraction of sp³-hybridized carbons (Fsp3) is 0.562. The van der Waals surface area contributed by atoms with Gasteiger partial charge in [-0.1, -0.05) is 12.1 Å². The zero-order chi connectivity index (χ0) is 14.2. The van der Waals surface area contributed by atoms with Gasteiger partial charge in [0, 0.05) is 19.6 Å². The Morgan fingerprint density at radius 2 is 2.15 bits per heavy atom. The summed E-state index contributed by atoms with van der Waals surface area (Å²) in [6.45, 7) is 3.27. The molecule has 1 amide bonds. The lowest BCUT2D eigenvalue weighted by molar-refractivity contribution is -0.139. The van der Waals surface area contributed by atoms with Crippen LogP contribution in [0.15, 0.2) is 24.3 Å². The molecule has 4 heteroatoms. The molecule has 20 heavy (non-hydrogen) atoms. The van der Waals surface area contributed by atoms with Crippen molar-refractivity contribution in [3.05, 3.63) is 35.6 Å². The third-order valence-electron chi connectivity index (χ3n) is 4.63. The molecule has 3 nitrogen and oxygen atoms in total. The maximum atomic E-state index is 13.2. The smallest absolute Gasteiger partial charge is 0.230 e. The van der Waals surface area contributed by atoms with Gasteiger partial charge in [-0.25, -0.2) is 4.39 Å². The summed E-state index contributed by atoms with van der Waals surface area (Å²) in [5.41, 5.74) is 0.694. The minimum atomic E-state index is -0.235. The predicted octanol–water partition coefficient (Wildman–Crippen LogP) is 2.27. The van der Waals surface area contributed by atoms with Crippen LogP contribution in [-0.4, -0.2) is 42.4 Å². The second kappa shape index (κ2) is 5.17. The van der Waals surface area contributed by atoms with Crippen LogP contribution in [-0.2, 0) is 11.3 Å². The third kappa shape index (κ3) is 2.44. The van der Waals surface area contributed by atoms with Gasteiger partial charge < -0.3 is 9.80 Å². The maximum absolute atomic E-state index is 13.2. The normalized spacial score (nSPS) is 27.5. The first-order chi connectivity index (χ1) is 9.59. The van der Waals surface area contributed by atoms with Crippen molar-refractivity contribution in [1.29, 1.82) is 0 Å². The number of amides is 1. The number of carbonyl (C=O) groups is 1. The molecule has 3 rings (SSSR count). The second-order valence-corrected chi connectivity index (χ2v) is 6.23. The lowest BCUT2D eigenvalue weighted by Gasteiger charge is -2.37. The highest BCUT2D eigenvalue weighted by Gasteiger charge is 2.47. The molecule has 2 aliphatic rings. The van der Waals surface area contributed by atoms with E-state index in [0.717, 1.165) is 44.5 Å². The number of benzene rings is 1. The van der Waals surface area contributed by atoms with Crippen molar-refractivity contribution < 1.29 is 9.18 Å². The van der Waals surface area contributed by atoms with E-state index < -0.39 is 0 Å². The van der Waals surface area contributed by atoms with E-state index in [4.69, 9.17) is 0 Å². The van der Waals surface area contributed by atoms with Crippen molar-refractivity contribution in [2.45, 2.75) is 25.8 Å². The van der Waals surface area contributed by atoms with E-state index in [1.807, 2.05) is 11.0 Å². The van der Waals surface area contributed by atoms with Crippen LogP contribution in [0.25, 0.3) is 0 Å². The van der Waals surface area contributed by atoms with Crippen LogP contribution in [0.4, 0.5) is 4.39 Å². The highest BCUT2D eigenvalue weighted by Crippen LogP contribution is 2.40. The Kier molecular flexibility index (Phi) is 3.50. The number of likely N-dealkylation sites (tertiary alicyclic amines) is 2. The van der Waals surface area contributed by atoms with E-state index >= 15 is 0 Å². The molecule has 2 saturated heterocycles. The summed E-state index contributed by atoms with van der Waals surface area (Å²) in [6, 6.07) is 6.54. The minimum absolute atomic E-state index is 0.180. The van der Waals surface area contributed by atoms with Gasteiger partial charge in [0.2, 0.25) is 5.91 Å². The van der Waals surface area contributed by atoms with Crippen molar-refractivity contribution in [3.8, 4) is 0 Å².